The Kier molecular flexibility index (Phi) is 5.83. The number of ketones is 2. The Balaban J connectivity index is 1.56. The molecule has 4 nitrogen and oxygen atoms in total. The molecule has 178 valence electrons. The lowest BCUT2D eigenvalue weighted by Gasteiger charge is -2.12. The van der Waals surface area contributed by atoms with Crippen LogP contribution in [0.1, 0.15) is 15.9 Å². The van der Waals surface area contributed by atoms with Crippen LogP contribution in [0.3, 0.4) is 0 Å². The second kappa shape index (κ2) is 9.45. The molecule has 37 heavy (non-hydrogen) atoms. The van der Waals surface area contributed by atoms with Gasteiger partial charge in [0.15, 0.2) is 0 Å². The largest absolute Gasteiger partial charge is 0.506 e. The normalized spacial score (nSPS) is 14.9. The topological polar surface area (TPSA) is 66.4 Å². The molecule has 0 saturated carbocycles. The number of para-hydroxylation sites is 1. The molecule has 0 aliphatic carbocycles. The summed E-state index contributed by atoms with van der Waals surface area (Å²) in [6.45, 7) is 0. The molecule has 0 aromatic heterocycles. The van der Waals surface area contributed by atoms with Crippen molar-refractivity contribution in [3.63, 3.8) is 0 Å². The van der Waals surface area contributed by atoms with Crippen molar-refractivity contribution in [2.45, 2.75) is 0 Å². The zero-order valence-corrected chi connectivity index (χ0v) is 20.5. The van der Waals surface area contributed by atoms with Gasteiger partial charge in [0.2, 0.25) is 11.6 Å². The van der Waals surface area contributed by atoms with E-state index in [1.807, 2.05) is 84.9 Å². The quantitative estimate of drug-likeness (QED) is 0.0851. The Morgan fingerprint density at radius 1 is 0.703 bits per heavy atom. The molecule has 0 unspecified atom stereocenters. The van der Waals surface area contributed by atoms with Crippen LogP contribution in [-0.2, 0) is 4.79 Å². The van der Waals surface area contributed by atoms with E-state index in [1.54, 1.807) is 24.3 Å². The van der Waals surface area contributed by atoms with Crippen molar-refractivity contribution < 1.29 is 14.7 Å². The van der Waals surface area contributed by atoms with Crippen molar-refractivity contribution in [3.05, 3.63) is 142 Å². The molecule has 1 aliphatic heterocycles. The number of hydrogen-bond donors (Lipinski definition) is 2. The van der Waals surface area contributed by atoms with E-state index < -0.39 is 5.78 Å². The number of rotatable bonds is 5. The van der Waals surface area contributed by atoms with Crippen LogP contribution in [-0.4, -0.2) is 16.7 Å². The number of carbonyl (C=O) groups is 2. The van der Waals surface area contributed by atoms with Gasteiger partial charge >= 0.3 is 0 Å². The number of fused-ring (bicyclic) bond motifs is 2. The fraction of sp³-hybridized carbons (Fsp3) is 0. The Labute approximate surface area is 218 Å². The highest BCUT2D eigenvalue weighted by molar-refractivity contribution is 8.08. The minimum absolute atomic E-state index is 0.0211. The van der Waals surface area contributed by atoms with Crippen LogP contribution < -0.4 is 5.32 Å². The van der Waals surface area contributed by atoms with E-state index in [2.05, 4.69) is 11.4 Å². The summed E-state index contributed by atoms with van der Waals surface area (Å²) in [7, 11) is 0. The molecule has 0 atom stereocenters. The molecule has 0 radical (unpaired) electrons. The van der Waals surface area contributed by atoms with Gasteiger partial charge in [0, 0.05) is 16.8 Å². The number of carbonyl (C=O) groups excluding carboxylic acids is 2. The van der Waals surface area contributed by atoms with Gasteiger partial charge in [-0.2, -0.15) is 0 Å². The number of thioether (sulfide) groups is 1. The van der Waals surface area contributed by atoms with Gasteiger partial charge in [0.1, 0.15) is 16.2 Å². The molecular formula is C32H21NO3S. The maximum Gasteiger partial charge on any atom is 0.210 e. The molecule has 6 rings (SSSR count). The van der Waals surface area contributed by atoms with Gasteiger partial charge in [0.05, 0.1) is 5.03 Å². The number of benzene rings is 5. The first-order valence-corrected chi connectivity index (χ1v) is 12.7. The first-order chi connectivity index (χ1) is 18.1. The fourth-order valence-corrected chi connectivity index (χ4v) is 5.70. The standard InChI is InChI=1S/C32H21NO3S/c34-28(20-11-3-1-4-12-20)31-30(36)27(32(37-31)33-23-15-5-2-6-16-23)29(35)26-24-17-9-7-13-21(24)19-22-14-8-10-18-25(22)26/h1-19,33-34H/b31-28+. The van der Waals surface area contributed by atoms with E-state index in [0.717, 1.165) is 39.0 Å². The van der Waals surface area contributed by atoms with E-state index in [9.17, 15) is 14.7 Å². The van der Waals surface area contributed by atoms with E-state index in [1.165, 1.54) is 0 Å². The number of hydrogen-bond acceptors (Lipinski definition) is 5. The van der Waals surface area contributed by atoms with Gasteiger partial charge < -0.3 is 10.4 Å². The van der Waals surface area contributed by atoms with E-state index in [0.29, 0.717) is 16.2 Å². The van der Waals surface area contributed by atoms with Crippen LogP contribution in [0.4, 0.5) is 5.69 Å². The van der Waals surface area contributed by atoms with Crippen molar-refractivity contribution in [2.24, 2.45) is 0 Å². The summed E-state index contributed by atoms with van der Waals surface area (Å²) >= 11 is 1.09. The number of anilines is 1. The third-order valence-electron chi connectivity index (χ3n) is 6.38. The zero-order chi connectivity index (χ0) is 25.4. The summed E-state index contributed by atoms with van der Waals surface area (Å²) in [6.07, 6.45) is 0. The predicted molar refractivity (Wildman–Crippen MR) is 151 cm³/mol. The molecule has 0 amide bonds. The number of aliphatic hydroxyl groups is 1. The molecule has 5 heteroatoms. The molecule has 0 spiro atoms. The summed E-state index contributed by atoms with van der Waals surface area (Å²) in [6, 6.07) is 35.7. The minimum atomic E-state index is -0.494. The molecular weight excluding hydrogens is 478 g/mol. The Morgan fingerprint density at radius 2 is 1.24 bits per heavy atom. The Morgan fingerprint density at radius 3 is 1.86 bits per heavy atom. The SMILES string of the molecule is O=C1C(C(=O)c2c3ccccc3cc3ccccc23)=C(Nc2ccccc2)S/C1=C(/O)c1ccccc1. The maximum absolute atomic E-state index is 14.4. The van der Waals surface area contributed by atoms with E-state index in [-0.39, 0.29) is 22.0 Å². The van der Waals surface area contributed by atoms with Crippen molar-refractivity contribution >= 4 is 56.3 Å². The van der Waals surface area contributed by atoms with E-state index >= 15 is 0 Å². The summed E-state index contributed by atoms with van der Waals surface area (Å²) in [5.41, 5.74) is 1.76. The number of aliphatic hydroxyl groups excluding tert-OH is 1. The van der Waals surface area contributed by atoms with Crippen molar-refractivity contribution in [3.8, 4) is 0 Å². The molecule has 0 bridgehead atoms. The summed E-state index contributed by atoms with van der Waals surface area (Å²) < 4.78 is 0. The minimum Gasteiger partial charge on any atom is -0.506 e. The average molecular weight is 500 g/mol. The number of allylic oxidation sites excluding steroid dienone is 2. The van der Waals surface area contributed by atoms with Gasteiger partial charge in [-0.25, -0.2) is 0 Å². The highest BCUT2D eigenvalue weighted by atomic mass is 32.2. The van der Waals surface area contributed by atoms with Crippen molar-refractivity contribution in [1.29, 1.82) is 0 Å². The lowest BCUT2D eigenvalue weighted by atomic mass is 9.90. The molecule has 1 aliphatic rings. The van der Waals surface area contributed by atoms with Gasteiger partial charge in [0.25, 0.3) is 0 Å². The first kappa shape index (κ1) is 22.8. The van der Waals surface area contributed by atoms with Crippen LogP contribution in [0.25, 0.3) is 27.3 Å². The lowest BCUT2D eigenvalue weighted by molar-refractivity contribution is -0.111. The molecule has 0 saturated heterocycles. The smallest absolute Gasteiger partial charge is 0.210 e. The van der Waals surface area contributed by atoms with E-state index in [4.69, 9.17) is 0 Å². The maximum atomic E-state index is 14.4. The van der Waals surface area contributed by atoms with Gasteiger partial charge in [-0.3, -0.25) is 9.59 Å². The number of Topliss-reactive ketones (excluding diaryl/α,β-unsaturated/α-hetero) is 2. The first-order valence-electron chi connectivity index (χ1n) is 11.8. The van der Waals surface area contributed by atoms with Crippen molar-refractivity contribution in [2.75, 3.05) is 5.32 Å². The molecule has 1 heterocycles. The highest BCUT2D eigenvalue weighted by Gasteiger charge is 2.38. The average Bonchev–Trinajstić information content (AvgIpc) is 3.27. The predicted octanol–water partition coefficient (Wildman–Crippen LogP) is 7.74. The molecule has 5 aromatic carbocycles. The van der Waals surface area contributed by atoms with Crippen molar-refractivity contribution in [1.82, 2.24) is 0 Å². The summed E-state index contributed by atoms with van der Waals surface area (Å²) in [5, 5.41) is 18.1. The fourth-order valence-electron chi connectivity index (χ4n) is 4.63. The molecule has 0 fully saturated rings. The van der Waals surface area contributed by atoms with Crippen LogP contribution in [0.2, 0.25) is 0 Å². The van der Waals surface area contributed by atoms with Crippen LogP contribution in [0.5, 0.6) is 0 Å². The third-order valence-corrected chi connectivity index (χ3v) is 7.48. The second-order valence-corrected chi connectivity index (χ2v) is 9.71. The summed E-state index contributed by atoms with van der Waals surface area (Å²) in [4.78, 5) is 28.3. The lowest BCUT2D eigenvalue weighted by Crippen LogP contribution is -2.15. The van der Waals surface area contributed by atoms with Gasteiger partial charge in [-0.1, -0.05) is 109 Å². The molecule has 2 N–H and O–H groups in total. The highest BCUT2D eigenvalue weighted by Crippen LogP contribution is 2.44. The van der Waals surface area contributed by atoms with Gasteiger partial charge in [-0.05, 0) is 39.7 Å². The monoisotopic (exact) mass is 499 g/mol. The van der Waals surface area contributed by atoms with Crippen LogP contribution in [0, 0.1) is 0 Å². The number of nitrogens with one attached hydrogen (secondary N) is 1. The van der Waals surface area contributed by atoms with Crippen LogP contribution in [0.15, 0.2) is 131 Å². The van der Waals surface area contributed by atoms with Gasteiger partial charge in [-0.15, -0.1) is 0 Å². The zero-order valence-electron chi connectivity index (χ0n) is 19.6. The van der Waals surface area contributed by atoms with Crippen LogP contribution >= 0.6 is 11.8 Å². The Hall–Kier alpha value is -4.61. The second-order valence-electron chi connectivity index (χ2n) is 8.69. The molecule has 5 aromatic rings. The Bertz CT molecular complexity index is 1700. The third kappa shape index (κ3) is 4.09. The summed E-state index contributed by atoms with van der Waals surface area (Å²) in [5.74, 6) is -1.01.